The van der Waals surface area contributed by atoms with E-state index in [1.54, 1.807) is 6.33 Å². The number of nitrogens with one attached hydrogen (secondary N) is 2. The van der Waals surface area contributed by atoms with E-state index in [2.05, 4.69) is 29.5 Å². The largest absolute Gasteiger partial charge is 0.352 e. The van der Waals surface area contributed by atoms with Gasteiger partial charge < -0.3 is 15.2 Å². The van der Waals surface area contributed by atoms with Crippen molar-refractivity contribution in [3.05, 3.63) is 18.2 Å². The maximum absolute atomic E-state index is 11.7. The minimum absolute atomic E-state index is 0.0482. The fraction of sp³-hybridized carbons (Fsp3) is 0.667. The van der Waals surface area contributed by atoms with Gasteiger partial charge >= 0.3 is 0 Å². The third kappa shape index (κ3) is 4.56. The van der Waals surface area contributed by atoms with Gasteiger partial charge in [0.2, 0.25) is 5.91 Å². The quantitative estimate of drug-likeness (QED) is 0.742. The number of carbonyl (C=O) groups is 1. The molecular weight excluding hydrogens is 216 g/mol. The molecule has 1 heterocycles. The van der Waals surface area contributed by atoms with Crippen molar-refractivity contribution in [2.45, 2.75) is 45.8 Å². The minimum Gasteiger partial charge on any atom is -0.352 e. The topological polar surface area (TPSA) is 59.0 Å². The predicted octanol–water partition coefficient (Wildman–Crippen LogP) is 0.907. The highest BCUT2D eigenvalue weighted by Crippen LogP contribution is 1.98. The van der Waals surface area contributed by atoms with Crippen molar-refractivity contribution in [2.24, 2.45) is 0 Å². The van der Waals surface area contributed by atoms with Gasteiger partial charge in [-0.3, -0.25) is 4.79 Å². The maximum atomic E-state index is 11.7. The zero-order valence-corrected chi connectivity index (χ0v) is 10.9. The van der Waals surface area contributed by atoms with Crippen LogP contribution in [0.3, 0.4) is 0 Å². The lowest BCUT2D eigenvalue weighted by molar-refractivity contribution is -0.122. The number of hydrogen-bond acceptors (Lipinski definition) is 3. The third-order valence-corrected chi connectivity index (χ3v) is 2.72. The number of rotatable bonds is 7. The average molecular weight is 238 g/mol. The zero-order chi connectivity index (χ0) is 12.7. The van der Waals surface area contributed by atoms with E-state index < -0.39 is 0 Å². The summed E-state index contributed by atoms with van der Waals surface area (Å²) in [5.74, 6) is 0.0482. The van der Waals surface area contributed by atoms with E-state index in [4.69, 9.17) is 0 Å². The maximum Gasteiger partial charge on any atom is 0.240 e. The molecule has 17 heavy (non-hydrogen) atoms. The highest BCUT2D eigenvalue weighted by molar-refractivity contribution is 5.76. The van der Waals surface area contributed by atoms with Crippen LogP contribution in [-0.4, -0.2) is 28.5 Å². The van der Waals surface area contributed by atoms with E-state index in [-0.39, 0.29) is 11.9 Å². The summed E-state index contributed by atoms with van der Waals surface area (Å²) < 4.78 is 1.81. The summed E-state index contributed by atoms with van der Waals surface area (Å²) in [4.78, 5) is 15.9. The standard InChI is InChI=1S/C12H22N4O/c1-4-10(5-2)15-12(17)8-16-7-11(6-13-3)14-9-16/h7,9-10,13H,4-6,8H2,1-3H3,(H,15,17). The van der Waals surface area contributed by atoms with Gasteiger partial charge in [0, 0.05) is 18.8 Å². The Morgan fingerprint density at radius 3 is 2.76 bits per heavy atom. The van der Waals surface area contributed by atoms with Crippen LogP contribution in [0.2, 0.25) is 0 Å². The van der Waals surface area contributed by atoms with Gasteiger partial charge in [-0.1, -0.05) is 13.8 Å². The number of amides is 1. The van der Waals surface area contributed by atoms with E-state index in [1.807, 2.05) is 17.8 Å². The summed E-state index contributed by atoms with van der Waals surface area (Å²) in [6, 6.07) is 0.280. The minimum atomic E-state index is 0.0482. The summed E-state index contributed by atoms with van der Waals surface area (Å²) in [7, 11) is 1.87. The molecule has 0 fully saturated rings. The van der Waals surface area contributed by atoms with Crippen LogP contribution in [0.4, 0.5) is 0 Å². The molecule has 0 aliphatic rings. The van der Waals surface area contributed by atoms with Gasteiger partial charge in [-0.2, -0.15) is 0 Å². The van der Waals surface area contributed by atoms with E-state index in [1.165, 1.54) is 0 Å². The van der Waals surface area contributed by atoms with Crippen LogP contribution in [0.25, 0.3) is 0 Å². The fourth-order valence-electron chi connectivity index (χ4n) is 1.70. The van der Waals surface area contributed by atoms with Crippen LogP contribution in [0, 0.1) is 0 Å². The molecule has 5 heteroatoms. The molecule has 1 aromatic rings. The van der Waals surface area contributed by atoms with Gasteiger partial charge in [0.25, 0.3) is 0 Å². The second kappa shape index (κ2) is 7.06. The van der Waals surface area contributed by atoms with Gasteiger partial charge in [-0.25, -0.2) is 4.98 Å². The van der Waals surface area contributed by atoms with Crippen LogP contribution in [0.15, 0.2) is 12.5 Å². The number of hydrogen-bond donors (Lipinski definition) is 2. The Labute approximate surface area is 103 Å². The summed E-state index contributed by atoms with van der Waals surface area (Å²) in [6.45, 7) is 5.22. The highest BCUT2D eigenvalue weighted by Gasteiger charge is 2.09. The molecule has 0 saturated heterocycles. The van der Waals surface area contributed by atoms with Gasteiger partial charge in [0.1, 0.15) is 6.54 Å². The molecule has 5 nitrogen and oxygen atoms in total. The van der Waals surface area contributed by atoms with Gasteiger partial charge in [-0.15, -0.1) is 0 Å². The monoisotopic (exact) mass is 238 g/mol. The molecule has 0 atom stereocenters. The molecule has 2 N–H and O–H groups in total. The van der Waals surface area contributed by atoms with Crippen molar-refractivity contribution >= 4 is 5.91 Å². The Kier molecular flexibility index (Phi) is 5.69. The zero-order valence-electron chi connectivity index (χ0n) is 10.9. The Bertz CT molecular complexity index is 344. The SMILES string of the molecule is CCC(CC)NC(=O)Cn1cnc(CNC)c1. The van der Waals surface area contributed by atoms with Crippen molar-refractivity contribution in [3.8, 4) is 0 Å². The number of aromatic nitrogens is 2. The summed E-state index contributed by atoms with van der Waals surface area (Å²) >= 11 is 0. The van der Waals surface area contributed by atoms with Crippen LogP contribution >= 0.6 is 0 Å². The summed E-state index contributed by atoms with van der Waals surface area (Å²) in [5.41, 5.74) is 0.947. The van der Waals surface area contributed by atoms with Crippen molar-refractivity contribution < 1.29 is 4.79 Å². The molecule has 0 bridgehead atoms. The van der Waals surface area contributed by atoms with E-state index in [0.29, 0.717) is 6.54 Å². The third-order valence-electron chi connectivity index (χ3n) is 2.72. The first-order valence-corrected chi connectivity index (χ1v) is 6.14. The molecule has 96 valence electrons. The molecule has 0 saturated carbocycles. The lowest BCUT2D eigenvalue weighted by Crippen LogP contribution is -2.36. The van der Waals surface area contributed by atoms with Crippen LogP contribution in [0.5, 0.6) is 0 Å². The smallest absolute Gasteiger partial charge is 0.240 e. The molecule has 1 amide bonds. The lowest BCUT2D eigenvalue weighted by Gasteiger charge is -2.14. The second-order valence-electron chi connectivity index (χ2n) is 4.15. The van der Waals surface area contributed by atoms with E-state index in [0.717, 1.165) is 25.1 Å². The van der Waals surface area contributed by atoms with Crippen molar-refractivity contribution in [1.29, 1.82) is 0 Å². The Hall–Kier alpha value is -1.36. The first-order valence-electron chi connectivity index (χ1n) is 6.14. The number of nitrogens with zero attached hydrogens (tertiary/aromatic N) is 2. The van der Waals surface area contributed by atoms with Gasteiger partial charge in [0.05, 0.1) is 12.0 Å². The highest BCUT2D eigenvalue weighted by atomic mass is 16.2. The summed E-state index contributed by atoms with van der Waals surface area (Å²) in [6.07, 6.45) is 5.52. The first kappa shape index (κ1) is 13.7. The van der Waals surface area contributed by atoms with Gasteiger partial charge in [0.15, 0.2) is 0 Å². The molecule has 1 aromatic heterocycles. The Morgan fingerprint density at radius 2 is 2.18 bits per heavy atom. The Balaban J connectivity index is 2.44. The predicted molar refractivity (Wildman–Crippen MR) is 67.5 cm³/mol. The molecule has 0 aliphatic heterocycles. The molecule has 0 aromatic carbocycles. The molecule has 0 unspecified atom stereocenters. The molecule has 0 aliphatic carbocycles. The van der Waals surface area contributed by atoms with Crippen LogP contribution in [0.1, 0.15) is 32.4 Å². The summed E-state index contributed by atoms with van der Waals surface area (Å²) in [5, 5.41) is 6.03. The molecule has 0 radical (unpaired) electrons. The van der Waals surface area contributed by atoms with Crippen molar-refractivity contribution in [3.63, 3.8) is 0 Å². The lowest BCUT2D eigenvalue weighted by atomic mass is 10.2. The van der Waals surface area contributed by atoms with Crippen molar-refractivity contribution in [1.82, 2.24) is 20.2 Å². The number of carbonyl (C=O) groups excluding carboxylic acids is 1. The van der Waals surface area contributed by atoms with Crippen LogP contribution in [-0.2, 0) is 17.9 Å². The van der Waals surface area contributed by atoms with Gasteiger partial charge in [-0.05, 0) is 19.9 Å². The molecular formula is C12H22N4O. The average Bonchev–Trinajstić information content (AvgIpc) is 2.74. The normalized spacial score (nSPS) is 10.8. The molecule has 0 spiro atoms. The Morgan fingerprint density at radius 1 is 1.47 bits per heavy atom. The fourth-order valence-corrected chi connectivity index (χ4v) is 1.70. The van der Waals surface area contributed by atoms with Crippen LogP contribution < -0.4 is 10.6 Å². The second-order valence-corrected chi connectivity index (χ2v) is 4.15. The number of imidazole rings is 1. The van der Waals surface area contributed by atoms with E-state index in [9.17, 15) is 4.79 Å². The van der Waals surface area contributed by atoms with Crippen molar-refractivity contribution in [2.75, 3.05) is 7.05 Å². The molecule has 1 rings (SSSR count). The van der Waals surface area contributed by atoms with E-state index >= 15 is 0 Å². The first-order chi connectivity index (χ1) is 8.19.